The van der Waals surface area contributed by atoms with E-state index in [1.165, 1.54) is 5.56 Å². The number of nitrogens with zero attached hydrogens (tertiary/aromatic N) is 2. The van der Waals surface area contributed by atoms with Gasteiger partial charge in [-0.05, 0) is 35.4 Å². The summed E-state index contributed by atoms with van der Waals surface area (Å²) < 4.78 is 5.27. The number of hydrogen-bond acceptors (Lipinski definition) is 3. The maximum absolute atomic E-state index is 5.27. The summed E-state index contributed by atoms with van der Waals surface area (Å²) in [5.41, 5.74) is 3.27. The van der Waals surface area contributed by atoms with E-state index in [9.17, 15) is 0 Å². The monoisotopic (exact) mass is 316 g/mol. The van der Waals surface area contributed by atoms with Gasteiger partial charge in [0.15, 0.2) is 0 Å². The van der Waals surface area contributed by atoms with Crippen molar-refractivity contribution in [3.63, 3.8) is 0 Å². The van der Waals surface area contributed by atoms with E-state index in [0.717, 1.165) is 17.0 Å². The molecule has 0 fully saturated rings. The quantitative estimate of drug-likeness (QED) is 0.485. The van der Waals surface area contributed by atoms with Gasteiger partial charge in [0.05, 0.1) is 25.6 Å². The highest BCUT2D eigenvalue weighted by Crippen LogP contribution is 2.18. The number of rotatable bonds is 6. The first-order valence-electron chi connectivity index (χ1n) is 7.90. The standard InChI is InChI=1S/C21H20N2O/c1-24-21-14-8-11-19(15-21)16-22-23(20-12-6-3-7-13-20)17-18-9-4-2-5-10-18/h2-16H,17H2,1H3/b22-16-. The summed E-state index contributed by atoms with van der Waals surface area (Å²) in [6.45, 7) is 0.714. The van der Waals surface area contributed by atoms with Gasteiger partial charge in [-0.15, -0.1) is 0 Å². The van der Waals surface area contributed by atoms with Crippen molar-refractivity contribution in [2.45, 2.75) is 6.54 Å². The van der Waals surface area contributed by atoms with Crippen LogP contribution in [-0.4, -0.2) is 13.3 Å². The van der Waals surface area contributed by atoms with E-state index < -0.39 is 0 Å². The van der Waals surface area contributed by atoms with Gasteiger partial charge in [-0.1, -0.05) is 60.7 Å². The number of methoxy groups -OCH3 is 1. The predicted molar refractivity (Wildman–Crippen MR) is 99.7 cm³/mol. The maximum atomic E-state index is 5.27. The lowest BCUT2D eigenvalue weighted by atomic mass is 10.2. The Morgan fingerprint density at radius 3 is 2.29 bits per heavy atom. The SMILES string of the molecule is COc1cccc(/C=N\N(Cc2ccccc2)c2ccccc2)c1. The molecular formula is C21H20N2O. The van der Waals surface area contributed by atoms with Crippen molar-refractivity contribution < 1.29 is 4.74 Å². The molecule has 0 saturated carbocycles. The number of anilines is 1. The summed E-state index contributed by atoms with van der Waals surface area (Å²) in [4.78, 5) is 0. The Hall–Kier alpha value is -3.07. The summed E-state index contributed by atoms with van der Waals surface area (Å²) in [7, 11) is 1.67. The molecule has 0 aromatic heterocycles. The zero-order valence-electron chi connectivity index (χ0n) is 13.7. The molecule has 3 nitrogen and oxygen atoms in total. The molecule has 0 unspecified atom stereocenters. The smallest absolute Gasteiger partial charge is 0.119 e. The average Bonchev–Trinajstić information content (AvgIpc) is 2.67. The van der Waals surface area contributed by atoms with E-state index in [1.807, 2.05) is 71.9 Å². The molecule has 3 aromatic rings. The minimum absolute atomic E-state index is 0.714. The van der Waals surface area contributed by atoms with Gasteiger partial charge in [0, 0.05) is 0 Å². The van der Waals surface area contributed by atoms with Gasteiger partial charge in [0.2, 0.25) is 0 Å². The second-order valence-corrected chi connectivity index (χ2v) is 5.40. The van der Waals surface area contributed by atoms with Gasteiger partial charge in [-0.3, -0.25) is 5.01 Å². The van der Waals surface area contributed by atoms with Crippen molar-refractivity contribution in [2.75, 3.05) is 12.1 Å². The molecule has 0 aliphatic rings. The summed E-state index contributed by atoms with van der Waals surface area (Å²) in [5, 5.41) is 6.68. The van der Waals surface area contributed by atoms with Crippen LogP contribution in [0.4, 0.5) is 5.69 Å². The number of benzene rings is 3. The zero-order chi connectivity index (χ0) is 16.6. The number of hydrogen-bond donors (Lipinski definition) is 0. The zero-order valence-corrected chi connectivity index (χ0v) is 13.7. The van der Waals surface area contributed by atoms with Crippen LogP contribution in [0.15, 0.2) is 90.0 Å². The van der Waals surface area contributed by atoms with Crippen LogP contribution in [0.25, 0.3) is 0 Å². The molecule has 0 spiro atoms. The first-order valence-corrected chi connectivity index (χ1v) is 7.90. The van der Waals surface area contributed by atoms with Gasteiger partial charge >= 0.3 is 0 Å². The van der Waals surface area contributed by atoms with Crippen molar-refractivity contribution in [2.24, 2.45) is 5.10 Å². The van der Waals surface area contributed by atoms with Crippen molar-refractivity contribution in [3.8, 4) is 5.75 Å². The Balaban J connectivity index is 1.85. The van der Waals surface area contributed by atoms with Crippen LogP contribution in [-0.2, 0) is 6.54 Å². The predicted octanol–water partition coefficient (Wildman–Crippen LogP) is 4.74. The Bertz CT molecular complexity index is 785. The summed E-state index contributed by atoms with van der Waals surface area (Å²) in [6.07, 6.45) is 1.86. The lowest BCUT2D eigenvalue weighted by Crippen LogP contribution is -2.16. The Morgan fingerprint density at radius 1 is 0.875 bits per heavy atom. The third-order valence-electron chi connectivity index (χ3n) is 3.67. The Morgan fingerprint density at radius 2 is 1.58 bits per heavy atom. The molecule has 3 aromatic carbocycles. The fraction of sp³-hybridized carbons (Fsp3) is 0.0952. The van der Waals surface area contributed by atoms with Gasteiger partial charge < -0.3 is 4.74 Å². The number of hydrazone groups is 1. The topological polar surface area (TPSA) is 24.8 Å². The molecule has 0 aliphatic carbocycles. The number of para-hydroxylation sites is 1. The maximum Gasteiger partial charge on any atom is 0.119 e. The second kappa shape index (κ2) is 7.97. The molecule has 0 heterocycles. The van der Waals surface area contributed by atoms with E-state index in [2.05, 4.69) is 29.4 Å². The Kier molecular flexibility index (Phi) is 5.25. The summed E-state index contributed by atoms with van der Waals surface area (Å²) >= 11 is 0. The van der Waals surface area contributed by atoms with Gasteiger partial charge in [0.25, 0.3) is 0 Å². The lowest BCUT2D eigenvalue weighted by Gasteiger charge is -2.19. The molecule has 0 saturated heterocycles. The largest absolute Gasteiger partial charge is 0.497 e. The Labute approximate surface area is 142 Å². The molecule has 0 radical (unpaired) electrons. The van der Waals surface area contributed by atoms with Gasteiger partial charge in [-0.25, -0.2) is 0 Å². The van der Waals surface area contributed by atoms with E-state index >= 15 is 0 Å². The highest BCUT2D eigenvalue weighted by molar-refractivity contribution is 5.81. The van der Waals surface area contributed by atoms with Crippen molar-refractivity contribution in [1.82, 2.24) is 0 Å². The third-order valence-corrected chi connectivity index (χ3v) is 3.67. The van der Waals surface area contributed by atoms with E-state index in [0.29, 0.717) is 6.54 Å². The van der Waals surface area contributed by atoms with Crippen LogP contribution in [0, 0.1) is 0 Å². The summed E-state index contributed by atoms with van der Waals surface area (Å²) in [5.74, 6) is 0.827. The van der Waals surface area contributed by atoms with Crippen LogP contribution in [0.1, 0.15) is 11.1 Å². The van der Waals surface area contributed by atoms with Crippen molar-refractivity contribution in [1.29, 1.82) is 0 Å². The van der Waals surface area contributed by atoms with E-state index in [4.69, 9.17) is 4.74 Å². The highest BCUT2D eigenvalue weighted by atomic mass is 16.5. The molecule has 0 atom stereocenters. The minimum Gasteiger partial charge on any atom is -0.497 e. The van der Waals surface area contributed by atoms with Crippen molar-refractivity contribution >= 4 is 11.9 Å². The molecule has 24 heavy (non-hydrogen) atoms. The third kappa shape index (κ3) is 4.23. The molecule has 120 valence electrons. The van der Waals surface area contributed by atoms with Gasteiger partial charge in [-0.2, -0.15) is 5.10 Å². The highest BCUT2D eigenvalue weighted by Gasteiger charge is 2.05. The molecule has 3 heteroatoms. The lowest BCUT2D eigenvalue weighted by molar-refractivity contribution is 0.415. The van der Waals surface area contributed by atoms with E-state index in [1.54, 1.807) is 7.11 Å². The fourth-order valence-electron chi connectivity index (χ4n) is 2.41. The average molecular weight is 316 g/mol. The van der Waals surface area contributed by atoms with Crippen LogP contribution < -0.4 is 9.75 Å². The van der Waals surface area contributed by atoms with Gasteiger partial charge in [0.1, 0.15) is 5.75 Å². The van der Waals surface area contributed by atoms with E-state index in [-0.39, 0.29) is 0 Å². The van der Waals surface area contributed by atoms with Crippen LogP contribution in [0.3, 0.4) is 0 Å². The van der Waals surface area contributed by atoms with Crippen LogP contribution in [0.5, 0.6) is 5.75 Å². The first-order chi connectivity index (χ1) is 11.8. The molecular weight excluding hydrogens is 296 g/mol. The normalized spacial score (nSPS) is 10.7. The molecule has 3 rings (SSSR count). The minimum atomic E-state index is 0.714. The second-order valence-electron chi connectivity index (χ2n) is 5.40. The number of ether oxygens (including phenoxy) is 1. The van der Waals surface area contributed by atoms with Crippen LogP contribution in [0.2, 0.25) is 0 Å². The molecule has 0 aliphatic heterocycles. The molecule has 0 N–H and O–H groups in total. The first kappa shape index (κ1) is 15.8. The van der Waals surface area contributed by atoms with Crippen LogP contribution >= 0.6 is 0 Å². The summed E-state index contributed by atoms with van der Waals surface area (Å²) in [6, 6.07) is 28.4. The molecule has 0 amide bonds. The fourth-order valence-corrected chi connectivity index (χ4v) is 2.41. The molecule has 0 bridgehead atoms. The van der Waals surface area contributed by atoms with Crippen molar-refractivity contribution in [3.05, 3.63) is 96.1 Å².